The lowest BCUT2D eigenvalue weighted by Crippen LogP contribution is -2.44. The second-order valence-corrected chi connectivity index (χ2v) is 7.63. The van der Waals surface area contributed by atoms with Crippen LogP contribution in [0.3, 0.4) is 0 Å². The summed E-state index contributed by atoms with van der Waals surface area (Å²) in [5.74, 6) is -0.345. The summed E-state index contributed by atoms with van der Waals surface area (Å²) in [6.45, 7) is 7.26. The molecule has 0 amide bonds. The highest BCUT2D eigenvalue weighted by Crippen LogP contribution is 2.19. The molecule has 1 unspecified atom stereocenters. The van der Waals surface area contributed by atoms with Crippen molar-refractivity contribution in [2.45, 2.75) is 26.5 Å². The van der Waals surface area contributed by atoms with Gasteiger partial charge in [-0.25, -0.2) is 4.79 Å². The maximum Gasteiger partial charge on any atom is 0.340 e. The third-order valence-corrected chi connectivity index (χ3v) is 5.25. The number of hydrogen-bond acceptors (Lipinski definition) is 5. The number of carbonyl (C=O) groups is 1. The van der Waals surface area contributed by atoms with Crippen LogP contribution in [-0.2, 0) is 16.0 Å². The van der Waals surface area contributed by atoms with Gasteiger partial charge >= 0.3 is 5.97 Å². The maximum absolute atomic E-state index is 12.7. The fourth-order valence-corrected chi connectivity index (χ4v) is 3.71. The van der Waals surface area contributed by atoms with Crippen molar-refractivity contribution in [2.24, 2.45) is 0 Å². The van der Waals surface area contributed by atoms with E-state index in [0.717, 1.165) is 36.1 Å². The number of nitrogens with zero attached hydrogens (tertiary/aromatic N) is 2. The summed E-state index contributed by atoms with van der Waals surface area (Å²) in [7, 11) is 0. The van der Waals surface area contributed by atoms with Crippen LogP contribution < -0.4 is 0 Å². The van der Waals surface area contributed by atoms with E-state index < -0.39 is 0 Å². The Kier molecular flexibility index (Phi) is 5.88. The van der Waals surface area contributed by atoms with E-state index in [2.05, 4.69) is 34.1 Å². The van der Waals surface area contributed by atoms with Crippen molar-refractivity contribution >= 4 is 16.9 Å². The van der Waals surface area contributed by atoms with Crippen LogP contribution in [0.25, 0.3) is 10.9 Å². The molecule has 2 aromatic carbocycles. The smallest absolute Gasteiger partial charge is 0.340 e. The van der Waals surface area contributed by atoms with Gasteiger partial charge < -0.3 is 9.47 Å². The third kappa shape index (κ3) is 4.81. The van der Waals surface area contributed by atoms with Gasteiger partial charge in [-0.15, -0.1) is 0 Å². The molecule has 2 heterocycles. The fraction of sp³-hybridized carbons (Fsp3) is 0.333. The summed E-state index contributed by atoms with van der Waals surface area (Å²) in [6, 6.07) is 18.3. The van der Waals surface area contributed by atoms with Crippen molar-refractivity contribution in [3.63, 3.8) is 0 Å². The molecule has 5 nitrogen and oxygen atoms in total. The molecule has 0 aliphatic carbocycles. The summed E-state index contributed by atoms with van der Waals surface area (Å²) in [5, 5.41) is 0.950. The van der Waals surface area contributed by atoms with Crippen LogP contribution in [-0.4, -0.2) is 48.3 Å². The molecule has 29 heavy (non-hydrogen) atoms. The van der Waals surface area contributed by atoms with E-state index in [0.29, 0.717) is 17.9 Å². The number of aryl methyl sites for hydroxylation is 2. The summed E-state index contributed by atoms with van der Waals surface area (Å²) in [5.41, 5.74) is 4.49. The summed E-state index contributed by atoms with van der Waals surface area (Å²) < 4.78 is 11.4. The number of pyridine rings is 1. The van der Waals surface area contributed by atoms with E-state index in [1.807, 2.05) is 44.2 Å². The van der Waals surface area contributed by atoms with Crippen LogP contribution in [0.4, 0.5) is 0 Å². The van der Waals surface area contributed by atoms with Gasteiger partial charge in [0.05, 0.1) is 23.4 Å². The van der Waals surface area contributed by atoms with Gasteiger partial charge in [-0.05, 0) is 37.6 Å². The molecule has 1 aromatic heterocycles. The van der Waals surface area contributed by atoms with Gasteiger partial charge in [0.2, 0.25) is 0 Å². The molecule has 0 saturated carbocycles. The topological polar surface area (TPSA) is 51.7 Å². The van der Waals surface area contributed by atoms with Crippen molar-refractivity contribution in [3.8, 4) is 0 Å². The van der Waals surface area contributed by atoms with Gasteiger partial charge in [-0.3, -0.25) is 9.88 Å². The number of rotatable bonds is 5. The Bertz CT molecular complexity index is 1000. The van der Waals surface area contributed by atoms with Crippen molar-refractivity contribution in [1.82, 2.24) is 9.88 Å². The number of hydrogen-bond donors (Lipinski definition) is 0. The van der Waals surface area contributed by atoms with E-state index in [9.17, 15) is 4.79 Å². The highest BCUT2D eigenvalue weighted by Gasteiger charge is 2.23. The standard InChI is InChI=1S/C24H26N2O3/c1-17-8-9-23-20(12-17)13-22(18(2)25-23)24(27)29-16-21-15-26(10-11-28-21)14-19-6-4-3-5-7-19/h3-9,12-13,21H,10-11,14-16H2,1-2H3. The zero-order valence-corrected chi connectivity index (χ0v) is 16.9. The molecule has 1 aliphatic heterocycles. The van der Waals surface area contributed by atoms with Gasteiger partial charge in [-0.1, -0.05) is 42.0 Å². The average Bonchev–Trinajstić information content (AvgIpc) is 2.73. The average molecular weight is 390 g/mol. The van der Waals surface area contributed by atoms with Crippen molar-refractivity contribution in [2.75, 3.05) is 26.3 Å². The van der Waals surface area contributed by atoms with E-state index in [-0.39, 0.29) is 18.7 Å². The molecule has 0 radical (unpaired) electrons. The van der Waals surface area contributed by atoms with Gasteiger partial charge in [-0.2, -0.15) is 0 Å². The molecule has 150 valence electrons. The molecule has 3 aromatic rings. The van der Waals surface area contributed by atoms with Crippen molar-refractivity contribution in [3.05, 3.63) is 77.0 Å². The number of aromatic nitrogens is 1. The quantitative estimate of drug-likeness (QED) is 0.618. The summed E-state index contributed by atoms with van der Waals surface area (Å²) in [6.07, 6.45) is -0.118. The number of carbonyl (C=O) groups excluding carboxylic acids is 1. The summed E-state index contributed by atoms with van der Waals surface area (Å²) >= 11 is 0. The molecule has 1 aliphatic rings. The molecular weight excluding hydrogens is 364 g/mol. The molecule has 1 atom stereocenters. The molecule has 0 N–H and O–H groups in total. The third-order valence-electron chi connectivity index (χ3n) is 5.25. The normalized spacial score (nSPS) is 17.4. The fourth-order valence-electron chi connectivity index (χ4n) is 3.71. The minimum Gasteiger partial charge on any atom is -0.459 e. The van der Waals surface area contributed by atoms with E-state index in [4.69, 9.17) is 9.47 Å². The second kappa shape index (κ2) is 8.72. The first kappa shape index (κ1) is 19.6. The molecule has 0 spiro atoms. The molecule has 5 heteroatoms. The number of ether oxygens (including phenoxy) is 2. The van der Waals surface area contributed by atoms with Crippen molar-refractivity contribution < 1.29 is 14.3 Å². The zero-order chi connectivity index (χ0) is 20.2. The zero-order valence-electron chi connectivity index (χ0n) is 16.9. The first-order valence-corrected chi connectivity index (χ1v) is 10.0. The minimum absolute atomic E-state index is 0.118. The largest absolute Gasteiger partial charge is 0.459 e. The number of benzene rings is 2. The number of morpholine rings is 1. The van der Waals surface area contributed by atoms with Crippen LogP contribution in [0, 0.1) is 13.8 Å². The minimum atomic E-state index is -0.345. The Labute approximate surface area is 171 Å². The van der Waals surface area contributed by atoms with E-state index in [1.165, 1.54) is 5.56 Å². The lowest BCUT2D eigenvalue weighted by Gasteiger charge is -2.32. The first-order chi connectivity index (χ1) is 14.1. The molecular formula is C24H26N2O3. The van der Waals surface area contributed by atoms with E-state index >= 15 is 0 Å². The second-order valence-electron chi connectivity index (χ2n) is 7.63. The Morgan fingerprint density at radius 2 is 2.00 bits per heavy atom. The van der Waals surface area contributed by atoms with Crippen LogP contribution in [0.15, 0.2) is 54.6 Å². The highest BCUT2D eigenvalue weighted by molar-refractivity contribution is 5.95. The lowest BCUT2D eigenvalue weighted by atomic mass is 10.1. The number of fused-ring (bicyclic) bond motifs is 1. The van der Waals surface area contributed by atoms with Crippen LogP contribution in [0.2, 0.25) is 0 Å². The van der Waals surface area contributed by atoms with Gasteiger partial charge in [0.1, 0.15) is 12.7 Å². The monoisotopic (exact) mass is 390 g/mol. The maximum atomic E-state index is 12.7. The SMILES string of the molecule is Cc1ccc2nc(C)c(C(=O)OCC3CN(Cc4ccccc4)CCO3)cc2c1. The van der Waals surface area contributed by atoms with Crippen molar-refractivity contribution in [1.29, 1.82) is 0 Å². The van der Waals surface area contributed by atoms with Crippen LogP contribution in [0.1, 0.15) is 27.2 Å². The first-order valence-electron chi connectivity index (χ1n) is 10.0. The molecule has 4 rings (SSSR count). The van der Waals surface area contributed by atoms with Crippen LogP contribution in [0.5, 0.6) is 0 Å². The number of esters is 1. The van der Waals surface area contributed by atoms with Gasteiger partial charge in [0, 0.05) is 25.0 Å². The lowest BCUT2D eigenvalue weighted by molar-refractivity contribution is -0.0612. The Morgan fingerprint density at radius 3 is 2.83 bits per heavy atom. The Hall–Kier alpha value is -2.76. The van der Waals surface area contributed by atoms with E-state index in [1.54, 1.807) is 0 Å². The predicted octanol–water partition coefficient (Wildman–Crippen LogP) is 3.91. The van der Waals surface area contributed by atoms with Crippen LogP contribution >= 0.6 is 0 Å². The molecule has 1 saturated heterocycles. The molecule has 1 fully saturated rings. The Morgan fingerprint density at radius 1 is 1.17 bits per heavy atom. The van der Waals surface area contributed by atoms with Gasteiger partial charge in [0.25, 0.3) is 0 Å². The van der Waals surface area contributed by atoms with Gasteiger partial charge in [0.15, 0.2) is 0 Å². The summed E-state index contributed by atoms with van der Waals surface area (Å²) in [4.78, 5) is 19.6. The predicted molar refractivity (Wildman–Crippen MR) is 113 cm³/mol. The molecule has 0 bridgehead atoms. The highest BCUT2D eigenvalue weighted by atomic mass is 16.6. The Balaban J connectivity index is 1.37.